The number of nitrogens with two attached hydrogens (primary N) is 1. The van der Waals surface area contributed by atoms with Gasteiger partial charge in [-0.05, 0) is 25.5 Å². The summed E-state index contributed by atoms with van der Waals surface area (Å²) in [5, 5.41) is 3.24. The predicted molar refractivity (Wildman–Crippen MR) is 97.3 cm³/mol. The van der Waals surface area contributed by atoms with Crippen molar-refractivity contribution in [3.05, 3.63) is 29.8 Å². The van der Waals surface area contributed by atoms with E-state index in [0.717, 1.165) is 24.1 Å². The van der Waals surface area contributed by atoms with Gasteiger partial charge in [0.15, 0.2) is 15.7 Å². The molecule has 4 rings (SSSR count). The van der Waals surface area contributed by atoms with Crippen molar-refractivity contribution in [3.63, 3.8) is 0 Å². The fourth-order valence-electron chi connectivity index (χ4n) is 3.64. The molecule has 1 atom stereocenters. The fourth-order valence-corrected chi connectivity index (χ4v) is 5.24. The highest BCUT2D eigenvalue weighted by atomic mass is 32.2. The molecule has 2 aromatic rings. The number of rotatable bonds is 2. The Morgan fingerprint density at radius 3 is 2.84 bits per heavy atom. The normalized spacial score (nSPS) is 21.5. The maximum atomic E-state index is 13.0. The minimum absolute atomic E-state index is 0.0561. The van der Waals surface area contributed by atoms with Crippen LogP contribution in [0.15, 0.2) is 29.2 Å². The van der Waals surface area contributed by atoms with Gasteiger partial charge in [0.1, 0.15) is 4.90 Å². The highest BCUT2D eigenvalue weighted by Crippen LogP contribution is 2.39. The first-order valence-electron chi connectivity index (χ1n) is 8.40. The van der Waals surface area contributed by atoms with Crippen LogP contribution in [0.5, 0.6) is 0 Å². The number of sulfone groups is 1. The van der Waals surface area contributed by atoms with Crippen LogP contribution in [0.2, 0.25) is 0 Å². The number of hydrogen-bond acceptors (Lipinski definition) is 7. The standard InChI is InChI=1S/C17H21N5O2S/c1-19-12-6-8-22(10-12)16-15-14(20-17(18)21-16)13-5-3-2-4-11(13)7-9-25(15,23)24/h2-5,12,19H,6-10H2,1H3,(H2,18,20,21)/t12-/m1/s1. The lowest BCUT2D eigenvalue weighted by Crippen LogP contribution is -2.31. The molecule has 3 heterocycles. The number of hydrogen-bond donors (Lipinski definition) is 2. The number of benzene rings is 1. The molecule has 1 aromatic carbocycles. The summed E-state index contributed by atoms with van der Waals surface area (Å²) in [6.07, 6.45) is 1.40. The molecule has 8 heteroatoms. The molecular formula is C17H21N5O2S. The van der Waals surface area contributed by atoms with Gasteiger partial charge in [-0.15, -0.1) is 0 Å². The molecule has 0 unspecified atom stereocenters. The van der Waals surface area contributed by atoms with Gasteiger partial charge in [-0.2, -0.15) is 4.98 Å². The lowest BCUT2D eigenvalue weighted by molar-refractivity contribution is 0.594. The van der Waals surface area contributed by atoms with E-state index in [1.54, 1.807) is 0 Å². The van der Waals surface area contributed by atoms with Gasteiger partial charge >= 0.3 is 0 Å². The average Bonchev–Trinajstić information content (AvgIpc) is 3.04. The van der Waals surface area contributed by atoms with Crippen LogP contribution in [0.1, 0.15) is 12.0 Å². The van der Waals surface area contributed by atoms with Crippen LogP contribution in [0, 0.1) is 0 Å². The van der Waals surface area contributed by atoms with Crippen LogP contribution in [-0.4, -0.2) is 50.3 Å². The van der Waals surface area contributed by atoms with Crippen LogP contribution in [-0.2, 0) is 16.3 Å². The number of nitrogens with zero attached hydrogens (tertiary/aromatic N) is 3. The van der Waals surface area contributed by atoms with E-state index in [1.165, 1.54) is 0 Å². The van der Waals surface area contributed by atoms with Crippen molar-refractivity contribution < 1.29 is 8.42 Å². The second-order valence-corrected chi connectivity index (χ2v) is 8.58. The van der Waals surface area contributed by atoms with Crippen molar-refractivity contribution >= 4 is 21.6 Å². The van der Waals surface area contributed by atoms with E-state index >= 15 is 0 Å². The minimum Gasteiger partial charge on any atom is -0.368 e. The molecule has 25 heavy (non-hydrogen) atoms. The largest absolute Gasteiger partial charge is 0.368 e. The highest BCUT2D eigenvalue weighted by Gasteiger charge is 2.34. The number of fused-ring (bicyclic) bond motifs is 3. The third-order valence-corrected chi connectivity index (χ3v) is 6.72. The Hall–Kier alpha value is -2.19. The molecule has 0 saturated carbocycles. The first kappa shape index (κ1) is 16.3. The lowest BCUT2D eigenvalue weighted by Gasteiger charge is -2.22. The molecule has 0 aliphatic carbocycles. The SMILES string of the molecule is CN[C@@H]1CCN(c2nc(N)nc3c2S(=O)(=O)CCc2ccccc2-3)C1. The molecular weight excluding hydrogens is 338 g/mol. The first-order valence-corrected chi connectivity index (χ1v) is 10.1. The summed E-state index contributed by atoms with van der Waals surface area (Å²) in [5.74, 6) is 0.603. The van der Waals surface area contributed by atoms with E-state index in [1.807, 2.05) is 36.2 Å². The lowest BCUT2D eigenvalue weighted by atomic mass is 10.0. The Bertz CT molecular complexity index is 929. The molecule has 2 aliphatic heterocycles. The number of nitrogen functional groups attached to an aromatic ring is 1. The van der Waals surface area contributed by atoms with E-state index in [4.69, 9.17) is 5.73 Å². The Morgan fingerprint density at radius 1 is 1.28 bits per heavy atom. The zero-order chi connectivity index (χ0) is 17.6. The summed E-state index contributed by atoms with van der Waals surface area (Å²) in [6.45, 7) is 1.45. The molecule has 0 radical (unpaired) electrons. The van der Waals surface area contributed by atoms with Gasteiger partial charge in [0, 0.05) is 24.7 Å². The third kappa shape index (κ3) is 2.75. The molecule has 1 fully saturated rings. The molecule has 1 saturated heterocycles. The summed E-state index contributed by atoms with van der Waals surface area (Å²) >= 11 is 0. The third-order valence-electron chi connectivity index (χ3n) is 4.98. The van der Waals surface area contributed by atoms with Gasteiger partial charge in [-0.25, -0.2) is 13.4 Å². The van der Waals surface area contributed by atoms with Gasteiger partial charge in [-0.1, -0.05) is 24.3 Å². The van der Waals surface area contributed by atoms with E-state index in [0.29, 0.717) is 30.5 Å². The van der Waals surface area contributed by atoms with Crippen molar-refractivity contribution in [2.24, 2.45) is 0 Å². The highest BCUT2D eigenvalue weighted by molar-refractivity contribution is 7.91. The van der Waals surface area contributed by atoms with Gasteiger partial charge in [0.25, 0.3) is 0 Å². The van der Waals surface area contributed by atoms with Gasteiger partial charge in [0.05, 0.1) is 11.4 Å². The number of anilines is 2. The topological polar surface area (TPSA) is 101 Å². The maximum Gasteiger partial charge on any atom is 0.222 e. The van der Waals surface area contributed by atoms with Crippen LogP contribution in [0.3, 0.4) is 0 Å². The monoisotopic (exact) mass is 359 g/mol. The molecule has 0 spiro atoms. The zero-order valence-electron chi connectivity index (χ0n) is 14.1. The maximum absolute atomic E-state index is 13.0. The van der Waals surface area contributed by atoms with Crippen molar-refractivity contribution in [2.75, 3.05) is 36.5 Å². The molecule has 3 N–H and O–H groups in total. The smallest absolute Gasteiger partial charge is 0.222 e. The quantitative estimate of drug-likeness (QED) is 0.820. The molecule has 7 nitrogen and oxygen atoms in total. The molecule has 0 amide bonds. The summed E-state index contributed by atoms with van der Waals surface area (Å²) in [4.78, 5) is 10.9. The van der Waals surface area contributed by atoms with Gasteiger partial charge in [0.2, 0.25) is 5.95 Å². The van der Waals surface area contributed by atoms with E-state index in [-0.39, 0.29) is 16.6 Å². The predicted octanol–water partition coefficient (Wildman–Crippen LogP) is 0.854. The molecule has 132 valence electrons. The van der Waals surface area contributed by atoms with Gasteiger partial charge < -0.3 is 16.0 Å². The van der Waals surface area contributed by atoms with Gasteiger partial charge in [-0.3, -0.25) is 0 Å². The van der Waals surface area contributed by atoms with Crippen LogP contribution >= 0.6 is 0 Å². The molecule has 1 aromatic heterocycles. The fraction of sp³-hybridized carbons (Fsp3) is 0.412. The second kappa shape index (κ2) is 5.96. The number of aromatic nitrogens is 2. The van der Waals surface area contributed by atoms with Crippen LogP contribution < -0.4 is 16.0 Å². The number of aryl methyl sites for hydroxylation is 1. The number of nitrogens with one attached hydrogen (secondary N) is 1. The Kier molecular flexibility index (Phi) is 3.88. The Morgan fingerprint density at radius 2 is 2.08 bits per heavy atom. The molecule has 2 aliphatic rings. The van der Waals surface area contributed by atoms with Crippen molar-refractivity contribution in [2.45, 2.75) is 23.8 Å². The second-order valence-electron chi connectivity index (χ2n) is 6.53. The summed E-state index contributed by atoms with van der Waals surface area (Å²) in [6, 6.07) is 7.98. The molecule has 0 bridgehead atoms. The zero-order valence-corrected chi connectivity index (χ0v) is 14.9. The van der Waals surface area contributed by atoms with Crippen molar-refractivity contribution in [1.82, 2.24) is 15.3 Å². The van der Waals surface area contributed by atoms with Crippen LogP contribution in [0.4, 0.5) is 11.8 Å². The summed E-state index contributed by atoms with van der Waals surface area (Å²) < 4.78 is 26.1. The average molecular weight is 359 g/mol. The van der Waals surface area contributed by atoms with Crippen molar-refractivity contribution in [1.29, 1.82) is 0 Å². The van der Waals surface area contributed by atoms with Crippen LogP contribution in [0.25, 0.3) is 11.3 Å². The number of likely N-dealkylation sites (N-methyl/N-ethyl adjacent to an activating group) is 1. The van der Waals surface area contributed by atoms with E-state index < -0.39 is 9.84 Å². The summed E-state index contributed by atoms with van der Waals surface area (Å²) in [7, 11) is -1.59. The summed E-state index contributed by atoms with van der Waals surface area (Å²) in [5.41, 5.74) is 8.20. The van der Waals surface area contributed by atoms with E-state index in [9.17, 15) is 8.42 Å². The Balaban J connectivity index is 1.96. The first-order chi connectivity index (χ1) is 12.0. The van der Waals surface area contributed by atoms with E-state index in [2.05, 4.69) is 15.3 Å². The Labute approximate surface area is 147 Å². The van der Waals surface area contributed by atoms with Crippen molar-refractivity contribution in [3.8, 4) is 11.3 Å². The minimum atomic E-state index is -3.50.